The zero-order valence-electron chi connectivity index (χ0n) is 6.10. The van der Waals surface area contributed by atoms with Gasteiger partial charge in [-0.15, -0.1) is 0 Å². The van der Waals surface area contributed by atoms with Gasteiger partial charge in [-0.2, -0.15) is 0 Å². The number of aryl methyl sites for hydroxylation is 1. The Hall–Kier alpha value is -1.31. The van der Waals surface area contributed by atoms with E-state index in [2.05, 4.69) is 0 Å². The average molecular weight is 150 g/mol. The van der Waals surface area contributed by atoms with Gasteiger partial charge in [-0.1, -0.05) is 0 Å². The van der Waals surface area contributed by atoms with E-state index < -0.39 is 0 Å². The number of fused-ring (bicyclic) bond motifs is 1. The summed E-state index contributed by atoms with van der Waals surface area (Å²) in [4.78, 5) is 0. The van der Waals surface area contributed by atoms with E-state index in [0.29, 0.717) is 0 Å². The molecule has 0 aliphatic heterocycles. The van der Waals surface area contributed by atoms with Gasteiger partial charge in [0.1, 0.15) is 11.6 Å². The topological polar surface area (TPSA) is 13.1 Å². The lowest BCUT2D eigenvalue weighted by molar-refractivity contribution is 0.539. The van der Waals surface area contributed by atoms with E-state index in [1.54, 1.807) is 12.3 Å². The molecule has 1 nitrogen and oxygen atoms in total. The van der Waals surface area contributed by atoms with Crippen molar-refractivity contribution in [1.82, 2.24) is 0 Å². The van der Waals surface area contributed by atoms with E-state index in [9.17, 15) is 4.39 Å². The summed E-state index contributed by atoms with van der Waals surface area (Å²) in [6, 6.07) is 4.62. The van der Waals surface area contributed by atoms with Crippen LogP contribution in [0.25, 0.3) is 10.8 Å². The van der Waals surface area contributed by atoms with Crippen LogP contribution in [0.4, 0.5) is 4.39 Å². The second-order valence-corrected chi connectivity index (χ2v) is 2.52. The summed E-state index contributed by atoms with van der Waals surface area (Å²) >= 11 is 0. The van der Waals surface area contributed by atoms with Crippen molar-refractivity contribution in [3.05, 3.63) is 36.0 Å². The van der Waals surface area contributed by atoms with E-state index in [4.69, 9.17) is 4.42 Å². The van der Waals surface area contributed by atoms with Crippen LogP contribution in [0.1, 0.15) is 5.76 Å². The molecule has 0 amide bonds. The third-order valence-electron chi connectivity index (χ3n) is 1.76. The Bertz CT molecular complexity index is 389. The van der Waals surface area contributed by atoms with Crippen LogP contribution in [0.3, 0.4) is 0 Å². The van der Waals surface area contributed by atoms with Gasteiger partial charge in [0, 0.05) is 10.8 Å². The molecule has 0 spiro atoms. The number of benzene rings is 1. The molecule has 2 rings (SSSR count). The minimum atomic E-state index is -0.220. The van der Waals surface area contributed by atoms with E-state index >= 15 is 0 Å². The van der Waals surface area contributed by atoms with E-state index in [0.717, 1.165) is 16.5 Å². The van der Waals surface area contributed by atoms with E-state index in [1.165, 1.54) is 12.1 Å². The third-order valence-corrected chi connectivity index (χ3v) is 1.76. The number of hydrogen-bond donors (Lipinski definition) is 0. The summed E-state index contributed by atoms with van der Waals surface area (Å²) in [5, 5.41) is 1.80. The van der Waals surface area contributed by atoms with Gasteiger partial charge in [-0.3, -0.25) is 0 Å². The highest BCUT2D eigenvalue weighted by Crippen LogP contribution is 2.20. The summed E-state index contributed by atoms with van der Waals surface area (Å²) in [5.41, 5.74) is 0. The quantitative estimate of drug-likeness (QED) is 0.562. The van der Waals surface area contributed by atoms with Crippen LogP contribution in [0.5, 0.6) is 0 Å². The molecule has 0 radical (unpaired) electrons. The maximum Gasteiger partial charge on any atom is 0.123 e. The molecule has 1 aromatic heterocycles. The summed E-state index contributed by atoms with van der Waals surface area (Å²) in [6.07, 6.45) is 1.63. The molecule has 1 heterocycles. The van der Waals surface area contributed by atoms with Crippen molar-refractivity contribution < 1.29 is 8.81 Å². The number of furan rings is 1. The Morgan fingerprint density at radius 3 is 3.00 bits per heavy atom. The van der Waals surface area contributed by atoms with Gasteiger partial charge in [0.15, 0.2) is 0 Å². The van der Waals surface area contributed by atoms with Gasteiger partial charge in [-0.05, 0) is 25.1 Å². The summed E-state index contributed by atoms with van der Waals surface area (Å²) in [6.45, 7) is 1.82. The zero-order chi connectivity index (χ0) is 7.84. The summed E-state index contributed by atoms with van der Waals surface area (Å²) in [5.74, 6) is 0.543. The molecule has 0 fully saturated rings. The lowest BCUT2D eigenvalue weighted by atomic mass is 10.2. The van der Waals surface area contributed by atoms with Crippen molar-refractivity contribution in [3.63, 3.8) is 0 Å². The third kappa shape index (κ3) is 0.909. The first-order valence-electron chi connectivity index (χ1n) is 3.41. The molecular weight excluding hydrogens is 143 g/mol. The van der Waals surface area contributed by atoms with Crippen LogP contribution in [-0.4, -0.2) is 0 Å². The molecule has 0 atom stereocenters. The first-order valence-corrected chi connectivity index (χ1v) is 3.41. The van der Waals surface area contributed by atoms with Gasteiger partial charge >= 0.3 is 0 Å². The number of hydrogen-bond acceptors (Lipinski definition) is 1. The van der Waals surface area contributed by atoms with Crippen LogP contribution in [0, 0.1) is 12.7 Å². The molecule has 56 valence electrons. The van der Waals surface area contributed by atoms with Crippen molar-refractivity contribution in [1.29, 1.82) is 0 Å². The molecule has 1 aromatic carbocycles. The first-order chi connectivity index (χ1) is 5.27. The Balaban J connectivity index is 2.87. The molecule has 0 saturated heterocycles. The lowest BCUT2D eigenvalue weighted by Gasteiger charge is -1.88. The zero-order valence-corrected chi connectivity index (χ0v) is 6.10. The number of halogens is 1. The van der Waals surface area contributed by atoms with Crippen LogP contribution in [0.2, 0.25) is 0 Å². The van der Waals surface area contributed by atoms with Gasteiger partial charge in [-0.25, -0.2) is 4.39 Å². The van der Waals surface area contributed by atoms with Gasteiger partial charge < -0.3 is 4.42 Å². The van der Waals surface area contributed by atoms with Gasteiger partial charge in [0.2, 0.25) is 0 Å². The molecule has 2 aromatic rings. The minimum Gasteiger partial charge on any atom is -0.468 e. The molecule has 0 N–H and O–H groups in total. The van der Waals surface area contributed by atoms with Crippen LogP contribution >= 0.6 is 0 Å². The second kappa shape index (κ2) is 2.09. The van der Waals surface area contributed by atoms with Crippen molar-refractivity contribution in [2.24, 2.45) is 0 Å². The highest BCUT2D eigenvalue weighted by molar-refractivity contribution is 5.83. The van der Waals surface area contributed by atoms with Crippen LogP contribution in [0.15, 0.2) is 28.9 Å². The number of rotatable bonds is 0. The first kappa shape index (κ1) is 6.40. The van der Waals surface area contributed by atoms with E-state index in [-0.39, 0.29) is 5.82 Å². The molecule has 0 bridgehead atoms. The average Bonchev–Trinajstić information content (AvgIpc) is 2.33. The molecular formula is C9H7FO. The standard InChI is InChI=1S/C9H7FO/c1-6-9-4-8(10)3-2-7(9)5-11-6/h2-5H,1H3. The smallest absolute Gasteiger partial charge is 0.123 e. The normalized spacial score (nSPS) is 10.7. The fourth-order valence-electron chi connectivity index (χ4n) is 1.15. The summed E-state index contributed by atoms with van der Waals surface area (Å²) in [7, 11) is 0. The van der Waals surface area contributed by atoms with Crippen molar-refractivity contribution >= 4 is 10.8 Å². The summed E-state index contributed by atoms with van der Waals surface area (Å²) < 4.78 is 17.8. The maximum atomic E-state index is 12.7. The molecule has 0 aliphatic rings. The van der Waals surface area contributed by atoms with Crippen molar-refractivity contribution in [2.45, 2.75) is 6.92 Å². The fourth-order valence-corrected chi connectivity index (χ4v) is 1.15. The molecule has 0 aliphatic carbocycles. The SMILES string of the molecule is Cc1occ2ccc(F)cc12. The molecule has 0 unspecified atom stereocenters. The predicted molar refractivity (Wildman–Crippen MR) is 40.9 cm³/mol. The van der Waals surface area contributed by atoms with Crippen LogP contribution < -0.4 is 0 Å². The van der Waals surface area contributed by atoms with Crippen molar-refractivity contribution in [2.75, 3.05) is 0 Å². The largest absolute Gasteiger partial charge is 0.468 e. The Kier molecular flexibility index (Phi) is 1.22. The monoisotopic (exact) mass is 150 g/mol. The molecule has 11 heavy (non-hydrogen) atoms. The molecule has 0 saturated carbocycles. The van der Waals surface area contributed by atoms with Crippen LogP contribution in [-0.2, 0) is 0 Å². The van der Waals surface area contributed by atoms with Gasteiger partial charge in [0.05, 0.1) is 6.26 Å². The lowest BCUT2D eigenvalue weighted by Crippen LogP contribution is -1.72. The second-order valence-electron chi connectivity index (χ2n) is 2.52. The maximum absolute atomic E-state index is 12.7. The highest BCUT2D eigenvalue weighted by atomic mass is 19.1. The van der Waals surface area contributed by atoms with E-state index in [1.807, 2.05) is 6.92 Å². The van der Waals surface area contributed by atoms with Crippen molar-refractivity contribution in [3.8, 4) is 0 Å². The fraction of sp³-hybridized carbons (Fsp3) is 0.111. The highest BCUT2D eigenvalue weighted by Gasteiger charge is 2.01. The Morgan fingerprint density at radius 1 is 1.36 bits per heavy atom. The van der Waals surface area contributed by atoms with Gasteiger partial charge in [0.25, 0.3) is 0 Å². The predicted octanol–water partition coefficient (Wildman–Crippen LogP) is 2.88. The Morgan fingerprint density at radius 2 is 2.18 bits per heavy atom. The Labute approximate surface area is 63.4 Å². The minimum absolute atomic E-state index is 0.220. The molecule has 2 heteroatoms.